The van der Waals surface area contributed by atoms with E-state index in [-0.39, 0.29) is 0 Å². The lowest BCUT2D eigenvalue weighted by Crippen LogP contribution is -2.11. The molecule has 5 heteroatoms. The number of nitrogens with zero attached hydrogens (tertiary/aromatic N) is 2. The Morgan fingerprint density at radius 1 is 1.44 bits per heavy atom. The zero-order chi connectivity index (χ0) is 13.0. The van der Waals surface area contributed by atoms with Gasteiger partial charge in [-0.1, -0.05) is 40.5 Å². The highest BCUT2D eigenvalue weighted by Gasteiger charge is 2.03. The first-order valence-electron chi connectivity index (χ1n) is 5.84. The Morgan fingerprint density at radius 2 is 2.28 bits per heavy atom. The molecule has 0 aliphatic heterocycles. The minimum absolute atomic E-state index is 0.741. The van der Waals surface area contributed by atoms with E-state index in [1.165, 1.54) is 0 Å². The van der Waals surface area contributed by atoms with Crippen LogP contribution < -0.4 is 5.32 Å². The van der Waals surface area contributed by atoms with Crippen molar-refractivity contribution in [2.45, 2.75) is 20.0 Å². The minimum Gasteiger partial charge on any atom is -0.333 e. The van der Waals surface area contributed by atoms with Crippen molar-refractivity contribution in [1.82, 2.24) is 14.9 Å². The van der Waals surface area contributed by atoms with E-state index in [1.807, 2.05) is 35.3 Å². The Hall–Kier alpha value is -0.840. The summed E-state index contributed by atoms with van der Waals surface area (Å²) in [4.78, 5) is 4.35. The van der Waals surface area contributed by atoms with Gasteiger partial charge >= 0.3 is 0 Å². The van der Waals surface area contributed by atoms with Crippen LogP contribution in [0.15, 0.2) is 35.2 Å². The number of aromatic nitrogens is 2. The molecule has 0 saturated heterocycles. The molecule has 0 fully saturated rings. The minimum atomic E-state index is 0.741. The van der Waals surface area contributed by atoms with Gasteiger partial charge < -0.3 is 9.88 Å². The van der Waals surface area contributed by atoms with E-state index in [0.29, 0.717) is 0 Å². The van der Waals surface area contributed by atoms with Gasteiger partial charge in [0.1, 0.15) is 0 Å². The summed E-state index contributed by atoms with van der Waals surface area (Å²) in [6, 6.07) is 5.93. The standard InChI is InChI=1S/C13H15BrClN3/c1-2-16-6-12-8-18(9-17-12)7-10-3-4-11(14)5-13(10)15/h3-5,8-9,16H,2,6-7H2,1H3. The third-order valence-corrected chi connectivity index (χ3v) is 3.46. The van der Waals surface area contributed by atoms with Crippen molar-refractivity contribution in [3.63, 3.8) is 0 Å². The maximum atomic E-state index is 6.19. The molecule has 3 nitrogen and oxygen atoms in total. The Balaban J connectivity index is 2.06. The van der Waals surface area contributed by atoms with E-state index in [2.05, 4.69) is 33.2 Å². The van der Waals surface area contributed by atoms with E-state index in [1.54, 1.807) is 0 Å². The van der Waals surface area contributed by atoms with Crippen LogP contribution in [0.3, 0.4) is 0 Å². The van der Waals surface area contributed by atoms with E-state index >= 15 is 0 Å². The second-order valence-corrected chi connectivity index (χ2v) is 5.38. The molecule has 1 aromatic carbocycles. The Labute approximate surface area is 120 Å². The summed E-state index contributed by atoms with van der Waals surface area (Å²) >= 11 is 9.60. The van der Waals surface area contributed by atoms with Crippen molar-refractivity contribution in [2.75, 3.05) is 6.54 Å². The molecule has 0 aliphatic rings. The summed E-state index contributed by atoms with van der Waals surface area (Å²) < 4.78 is 3.04. The van der Waals surface area contributed by atoms with Crippen LogP contribution in [0.4, 0.5) is 0 Å². The monoisotopic (exact) mass is 327 g/mol. The molecule has 0 unspecified atom stereocenters. The van der Waals surface area contributed by atoms with Gasteiger partial charge in [-0.2, -0.15) is 0 Å². The topological polar surface area (TPSA) is 29.9 Å². The molecule has 2 rings (SSSR count). The lowest BCUT2D eigenvalue weighted by atomic mass is 10.2. The highest BCUT2D eigenvalue weighted by atomic mass is 79.9. The van der Waals surface area contributed by atoms with Crippen LogP contribution in [-0.4, -0.2) is 16.1 Å². The fourth-order valence-electron chi connectivity index (χ4n) is 1.68. The predicted octanol–water partition coefficient (Wildman–Crippen LogP) is 3.46. The third kappa shape index (κ3) is 3.57. The molecule has 1 N–H and O–H groups in total. The molecule has 0 aliphatic carbocycles. The van der Waals surface area contributed by atoms with Crippen molar-refractivity contribution in [3.05, 3.63) is 51.5 Å². The fraction of sp³-hybridized carbons (Fsp3) is 0.308. The number of hydrogen-bond acceptors (Lipinski definition) is 2. The quantitative estimate of drug-likeness (QED) is 0.911. The van der Waals surface area contributed by atoms with Gasteiger partial charge in [-0.15, -0.1) is 0 Å². The summed E-state index contributed by atoms with van der Waals surface area (Å²) in [5.41, 5.74) is 2.14. The zero-order valence-corrected chi connectivity index (χ0v) is 12.5. The molecule has 0 amide bonds. The Morgan fingerprint density at radius 3 is 3.00 bits per heavy atom. The molecule has 0 radical (unpaired) electrons. The summed E-state index contributed by atoms with van der Waals surface area (Å²) in [6.45, 7) is 4.58. The third-order valence-electron chi connectivity index (χ3n) is 2.61. The van der Waals surface area contributed by atoms with Gasteiger partial charge in [-0.3, -0.25) is 0 Å². The van der Waals surface area contributed by atoms with Crippen molar-refractivity contribution in [2.24, 2.45) is 0 Å². The first-order valence-corrected chi connectivity index (χ1v) is 7.01. The van der Waals surface area contributed by atoms with Crippen LogP contribution in [-0.2, 0) is 13.1 Å². The van der Waals surface area contributed by atoms with Crippen molar-refractivity contribution in [3.8, 4) is 0 Å². The van der Waals surface area contributed by atoms with Crippen molar-refractivity contribution < 1.29 is 0 Å². The Kier molecular flexibility index (Phi) is 4.80. The molecule has 2 aromatic rings. The van der Waals surface area contributed by atoms with Crippen LogP contribution >= 0.6 is 27.5 Å². The highest BCUT2D eigenvalue weighted by molar-refractivity contribution is 9.10. The number of nitrogens with one attached hydrogen (secondary N) is 1. The fourth-order valence-corrected chi connectivity index (χ4v) is 2.42. The van der Waals surface area contributed by atoms with Gasteiger partial charge in [-0.25, -0.2) is 4.98 Å². The predicted molar refractivity (Wildman–Crippen MR) is 77.9 cm³/mol. The molecule has 1 heterocycles. The molecule has 96 valence electrons. The van der Waals surface area contributed by atoms with Crippen molar-refractivity contribution in [1.29, 1.82) is 0 Å². The van der Waals surface area contributed by atoms with E-state index in [4.69, 9.17) is 11.6 Å². The number of imidazole rings is 1. The summed E-state index contributed by atoms with van der Waals surface area (Å²) in [5, 5.41) is 4.02. The molecular weight excluding hydrogens is 314 g/mol. The Bertz CT molecular complexity index is 525. The largest absolute Gasteiger partial charge is 0.333 e. The summed E-state index contributed by atoms with van der Waals surface area (Å²) in [7, 11) is 0. The number of rotatable bonds is 5. The normalized spacial score (nSPS) is 10.8. The van der Waals surface area contributed by atoms with E-state index in [9.17, 15) is 0 Å². The molecule has 0 bridgehead atoms. The first-order chi connectivity index (χ1) is 8.69. The summed E-state index contributed by atoms with van der Waals surface area (Å²) in [6.07, 6.45) is 3.88. The van der Waals surface area contributed by atoms with Crippen LogP contribution in [0.5, 0.6) is 0 Å². The van der Waals surface area contributed by atoms with Gasteiger partial charge in [-0.05, 0) is 24.2 Å². The van der Waals surface area contributed by atoms with Gasteiger partial charge in [0.05, 0.1) is 12.0 Å². The molecular formula is C13H15BrClN3. The number of halogens is 2. The smallest absolute Gasteiger partial charge is 0.0953 e. The average Bonchev–Trinajstić information content (AvgIpc) is 2.78. The number of hydrogen-bond donors (Lipinski definition) is 1. The highest BCUT2D eigenvalue weighted by Crippen LogP contribution is 2.22. The van der Waals surface area contributed by atoms with Gasteiger partial charge in [0.2, 0.25) is 0 Å². The second-order valence-electron chi connectivity index (χ2n) is 4.05. The van der Waals surface area contributed by atoms with Crippen LogP contribution in [0.25, 0.3) is 0 Å². The van der Waals surface area contributed by atoms with Crippen LogP contribution in [0.1, 0.15) is 18.2 Å². The maximum absolute atomic E-state index is 6.19. The molecule has 18 heavy (non-hydrogen) atoms. The molecule has 0 saturated carbocycles. The second kappa shape index (κ2) is 6.36. The van der Waals surface area contributed by atoms with Gasteiger partial charge in [0.15, 0.2) is 0 Å². The van der Waals surface area contributed by atoms with Crippen LogP contribution in [0, 0.1) is 0 Å². The van der Waals surface area contributed by atoms with Gasteiger partial charge in [0.25, 0.3) is 0 Å². The zero-order valence-electron chi connectivity index (χ0n) is 10.2. The molecule has 0 atom stereocenters. The lowest BCUT2D eigenvalue weighted by Gasteiger charge is -2.05. The first kappa shape index (κ1) is 13.6. The SMILES string of the molecule is CCNCc1cn(Cc2ccc(Br)cc2Cl)cn1. The van der Waals surface area contributed by atoms with Crippen LogP contribution in [0.2, 0.25) is 5.02 Å². The maximum Gasteiger partial charge on any atom is 0.0953 e. The average molecular weight is 329 g/mol. The lowest BCUT2D eigenvalue weighted by molar-refractivity contribution is 0.712. The molecule has 0 spiro atoms. The van der Waals surface area contributed by atoms with E-state index < -0.39 is 0 Å². The number of benzene rings is 1. The van der Waals surface area contributed by atoms with E-state index in [0.717, 1.165) is 40.4 Å². The van der Waals surface area contributed by atoms with Gasteiger partial charge in [0, 0.05) is 28.8 Å². The summed E-state index contributed by atoms with van der Waals surface area (Å²) in [5.74, 6) is 0. The molecule has 1 aromatic heterocycles. The van der Waals surface area contributed by atoms with Crippen molar-refractivity contribution >= 4 is 27.5 Å².